The molecular weight excluding hydrogens is 757 g/mol. The van der Waals surface area contributed by atoms with Crippen LogP contribution >= 0.6 is 0 Å². The number of carbonyl (C=O) groups is 2. The second-order valence-electron chi connectivity index (χ2n) is 16.5. The standard InChI is InChI=1S/2C21H26F2N4O2/c1-12(2)24-20(28)29-16-5-3-14(10-16)18-11-19(27-26-18)25-15-4-6-17-13(9-15)7-8-21(17,22)23;1-12(2)24-20(28)29-16-6-4-14(9-16)18-11-19(27-26-18)25-15-5-3-13-7-8-21(22,23)17(13)10-15/h4,6,9,11-12,14,16H,3,5,7-8,10H2,1-2H3,(H,24,28)(H2,25,26,27);3,5,10-12,14,16H,4,6-9H2,1-2H3,(H,24,28)(H2,25,26,27)/t2*14-,16+/m00/s1. The van der Waals surface area contributed by atoms with E-state index < -0.39 is 11.8 Å². The van der Waals surface area contributed by atoms with Crippen LogP contribution in [0.5, 0.6) is 0 Å². The van der Waals surface area contributed by atoms with Gasteiger partial charge in [-0.3, -0.25) is 10.2 Å². The molecule has 2 saturated carbocycles. The Kier molecular flexibility index (Phi) is 11.9. The van der Waals surface area contributed by atoms with Crippen molar-refractivity contribution in [2.45, 2.75) is 140 Å². The van der Waals surface area contributed by atoms with E-state index >= 15 is 0 Å². The second-order valence-corrected chi connectivity index (χ2v) is 16.5. The van der Waals surface area contributed by atoms with Crippen molar-refractivity contribution >= 4 is 35.2 Å². The number of hydrogen-bond donors (Lipinski definition) is 6. The summed E-state index contributed by atoms with van der Waals surface area (Å²) in [5.41, 5.74) is 4.91. The molecule has 2 fully saturated rings. The van der Waals surface area contributed by atoms with Crippen LogP contribution in [-0.4, -0.2) is 56.9 Å². The van der Waals surface area contributed by atoms with Crippen LogP contribution in [0, 0.1) is 0 Å². The zero-order chi connectivity index (χ0) is 41.2. The van der Waals surface area contributed by atoms with E-state index in [9.17, 15) is 27.2 Å². The lowest BCUT2D eigenvalue weighted by Gasteiger charge is -2.14. The molecule has 4 atom stereocenters. The number of amides is 2. The molecule has 2 aromatic carbocycles. The Morgan fingerprint density at radius 1 is 0.655 bits per heavy atom. The van der Waals surface area contributed by atoms with Gasteiger partial charge in [0.25, 0.3) is 11.8 Å². The first-order valence-corrected chi connectivity index (χ1v) is 20.2. The number of aromatic amines is 2. The van der Waals surface area contributed by atoms with Crippen LogP contribution < -0.4 is 21.3 Å². The fraction of sp³-hybridized carbons (Fsp3) is 0.524. The topological polar surface area (TPSA) is 158 Å². The molecule has 0 radical (unpaired) electrons. The molecule has 4 aliphatic rings. The first-order chi connectivity index (χ1) is 27.6. The Labute approximate surface area is 335 Å². The number of halogens is 4. The highest BCUT2D eigenvalue weighted by atomic mass is 19.3. The molecule has 0 saturated heterocycles. The van der Waals surface area contributed by atoms with Crippen LogP contribution in [0.3, 0.4) is 0 Å². The van der Waals surface area contributed by atoms with Crippen molar-refractivity contribution in [1.29, 1.82) is 0 Å². The molecule has 58 heavy (non-hydrogen) atoms. The molecule has 0 unspecified atom stereocenters. The van der Waals surface area contributed by atoms with Crippen molar-refractivity contribution in [3.63, 3.8) is 0 Å². The summed E-state index contributed by atoms with van der Waals surface area (Å²) in [5.74, 6) is -3.78. The third-order valence-electron chi connectivity index (χ3n) is 11.2. The van der Waals surface area contributed by atoms with E-state index in [1.165, 1.54) is 12.1 Å². The van der Waals surface area contributed by atoms with Crippen molar-refractivity contribution < 1.29 is 36.6 Å². The van der Waals surface area contributed by atoms with Crippen LogP contribution in [0.25, 0.3) is 0 Å². The number of ether oxygens (including phenoxy) is 2. The molecule has 312 valence electrons. The summed E-state index contributed by atoms with van der Waals surface area (Å²) in [6.45, 7) is 7.56. The molecule has 0 aliphatic heterocycles. The minimum Gasteiger partial charge on any atom is -0.446 e. The molecule has 8 rings (SSSR count). The Hall–Kier alpha value is -5.28. The van der Waals surface area contributed by atoms with Gasteiger partial charge < -0.3 is 30.7 Å². The quantitative estimate of drug-likeness (QED) is 0.0865. The van der Waals surface area contributed by atoms with Crippen LogP contribution in [0.4, 0.5) is 50.2 Å². The van der Waals surface area contributed by atoms with E-state index in [4.69, 9.17) is 9.47 Å². The molecule has 4 aromatic rings. The number of carbonyl (C=O) groups excluding carboxylic acids is 2. The van der Waals surface area contributed by atoms with E-state index in [0.717, 1.165) is 55.6 Å². The SMILES string of the molecule is CC(C)NC(=O)O[C@@H]1CC[C@H](c2cc(Nc3ccc4c(c3)C(F)(F)CC4)n[nH]2)C1.CC(C)NC(=O)O[C@@H]1CC[C@H](c2cc(Nc3ccc4c(c3)CCC4(F)F)n[nH]2)C1. The molecule has 0 spiro atoms. The third kappa shape index (κ3) is 9.87. The Morgan fingerprint density at radius 2 is 1.14 bits per heavy atom. The molecule has 6 N–H and O–H groups in total. The summed E-state index contributed by atoms with van der Waals surface area (Å²) in [6, 6.07) is 13.9. The number of alkyl halides is 4. The lowest BCUT2D eigenvalue weighted by molar-refractivity contribution is -0.00239. The number of nitrogens with zero attached hydrogens (tertiary/aromatic N) is 2. The maximum absolute atomic E-state index is 14.0. The number of fused-ring (bicyclic) bond motifs is 2. The molecule has 2 aromatic heterocycles. The summed E-state index contributed by atoms with van der Waals surface area (Å²) in [7, 11) is 0. The van der Waals surface area contributed by atoms with Crippen molar-refractivity contribution in [3.8, 4) is 0 Å². The van der Waals surface area contributed by atoms with Gasteiger partial charge in [0.2, 0.25) is 0 Å². The Morgan fingerprint density at radius 3 is 1.67 bits per heavy atom. The number of aromatic nitrogens is 4. The van der Waals surface area contributed by atoms with E-state index in [1.54, 1.807) is 24.3 Å². The fourth-order valence-electron chi connectivity index (χ4n) is 8.32. The average molecular weight is 809 g/mol. The number of H-pyrrole nitrogens is 2. The third-order valence-corrected chi connectivity index (χ3v) is 11.2. The van der Waals surface area contributed by atoms with Crippen molar-refractivity contribution in [2.24, 2.45) is 0 Å². The summed E-state index contributed by atoms with van der Waals surface area (Å²) in [5, 5.41) is 26.4. The van der Waals surface area contributed by atoms with Crippen molar-refractivity contribution in [1.82, 2.24) is 31.0 Å². The Bertz CT molecular complexity index is 2080. The highest BCUT2D eigenvalue weighted by molar-refractivity contribution is 5.68. The second kappa shape index (κ2) is 16.9. The number of aryl methyl sites for hydroxylation is 2. The lowest BCUT2D eigenvalue weighted by Crippen LogP contribution is -2.33. The molecule has 12 nitrogen and oxygen atoms in total. The van der Waals surface area contributed by atoms with E-state index in [0.29, 0.717) is 41.3 Å². The molecule has 2 amide bonds. The number of rotatable bonds is 10. The van der Waals surface area contributed by atoms with Gasteiger partial charge in [-0.25, -0.2) is 27.2 Å². The number of anilines is 4. The van der Waals surface area contributed by atoms with Crippen LogP contribution in [0.15, 0.2) is 48.5 Å². The summed E-state index contributed by atoms with van der Waals surface area (Å²) in [6.07, 6.45) is 4.49. The summed E-state index contributed by atoms with van der Waals surface area (Å²) < 4.78 is 66.4. The van der Waals surface area contributed by atoms with Crippen molar-refractivity contribution in [3.05, 3.63) is 82.2 Å². The first kappa shape index (κ1) is 40.9. The van der Waals surface area contributed by atoms with Gasteiger partial charge in [0, 0.05) is 82.8 Å². The minimum atomic E-state index is -2.76. The smallest absolute Gasteiger partial charge is 0.407 e. The van der Waals surface area contributed by atoms with E-state index in [-0.39, 0.29) is 72.3 Å². The zero-order valence-electron chi connectivity index (χ0n) is 33.2. The van der Waals surface area contributed by atoms with Crippen molar-refractivity contribution in [2.75, 3.05) is 10.6 Å². The Balaban J connectivity index is 0.000000177. The van der Waals surface area contributed by atoms with E-state index in [1.807, 2.05) is 39.8 Å². The highest BCUT2D eigenvalue weighted by Crippen LogP contribution is 2.44. The van der Waals surface area contributed by atoms with Crippen LogP contribution in [-0.2, 0) is 34.2 Å². The number of benzene rings is 2. The van der Waals surface area contributed by atoms with Gasteiger partial charge in [-0.15, -0.1) is 0 Å². The maximum Gasteiger partial charge on any atom is 0.407 e. The molecule has 2 heterocycles. The van der Waals surface area contributed by atoms with Gasteiger partial charge in [0.1, 0.15) is 12.2 Å². The molecule has 4 aliphatic carbocycles. The van der Waals surface area contributed by atoms with Gasteiger partial charge in [0.05, 0.1) is 0 Å². The van der Waals surface area contributed by atoms with Gasteiger partial charge in [-0.05, 0) is 114 Å². The fourth-order valence-corrected chi connectivity index (χ4v) is 8.32. The average Bonchev–Trinajstić information content (AvgIpc) is 4.01. The number of nitrogens with one attached hydrogen (secondary N) is 6. The predicted octanol–water partition coefficient (Wildman–Crippen LogP) is 9.92. The monoisotopic (exact) mass is 808 g/mol. The van der Waals surface area contributed by atoms with Crippen LogP contribution in [0.2, 0.25) is 0 Å². The minimum absolute atomic E-state index is 0.0418. The van der Waals surface area contributed by atoms with Gasteiger partial charge >= 0.3 is 12.2 Å². The van der Waals surface area contributed by atoms with Gasteiger partial charge in [-0.2, -0.15) is 10.2 Å². The van der Waals surface area contributed by atoms with Gasteiger partial charge in [0.15, 0.2) is 11.6 Å². The molecular formula is C42H52F4N8O4. The predicted molar refractivity (Wildman–Crippen MR) is 211 cm³/mol. The maximum atomic E-state index is 14.0. The molecule has 0 bridgehead atoms. The summed E-state index contributed by atoms with van der Waals surface area (Å²) in [4.78, 5) is 23.5. The molecule has 16 heteroatoms. The highest BCUT2D eigenvalue weighted by Gasteiger charge is 2.40. The van der Waals surface area contributed by atoms with Gasteiger partial charge in [-0.1, -0.05) is 12.1 Å². The first-order valence-electron chi connectivity index (χ1n) is 20.2. The summed E-state index contributed by atoms with van der Waals surface area (Å²) >= 11 is 0. The van der Waals surface area contributed by atoms with E-state index in [2.05, 4.69) is 41.7 Å². The number of alkyl carbamates (subject to hydrolysis) is 2. The largest absolute Gasteiger partial charge is 0.446 e. The van der Waals surface area contributed by atoms with Crippen LogP contribution in [0.1, 0.15) is 125 Å². The number of hydrogen-bond acceptors (Lipinski definition) is 8. The zero-order valence-corrected chi connectivity index (χ0v) is 33.2. The normalized spacial score (nSPS) is 22.5. The lowest BCUT2D eigenvalue weighted by atomic mass is 10.0.